The molecule has 1 atom stereocenters. The van der Waals surface area contributed by atoms with Crippen LogP contribution in [0.15, 0.2) is 27.7 Å². The molecule has 2 fully saturated rings. The normalized spacial score (nSPS) is 22.0. The van der Waals surface area contributed by atoms with Crippen molar-refractivity contribution in [3.63, 3.8) is 0 Å². The van der Waals surface area contributed by atoms with Gasteiger partial charge in [-0.15, -0.1) is 24.0 Å². The predicted molar refractivity (Wildman–Crippen MR) is 112 cm³/mol. The molecule has 1 unspecified atom stereocenters. The summed E-state index contributed by atoms with van der Waals surface area (Å²) in [5.74, 6) is 0.645. The first kappa shape index (κ1) is 20.9. The second-order valence-electron chi connectivity index (χ2n) is 6.19. The Balaban J connectivity index is 0.00000225. The smallest absolute Gasteiger partial charge is 0.193 e. The van der Waals surface area contributed by atoms with Gasteiger partial charge >= 0.3 is 0 Å². The minimum absolute atomic E-state index is 0. The van der Waals surface area contributed by atoms with Gasteiger partial charge in [0.05, 0.1) is 17.7 Å². The maximum absolute atomic E-state index is 13.6. The fourth-order valence-corrected chi connectivity index (χ4v) is 3.58. The quantitative estimate of drug-likeness (QED) is 0.373. The lowest BCUT2D eigenvalue weighted by molar-refractivity contribution is 0.0195. The van der Waals surface area contributed by atoms with Crippen LogP contribution < -0.4 is 5.32 Å². The molecule has 2 aliphatic rings. The summed E-state index contributed by atoms with van der Waals surface area (Å²) in [5.41, 5.74) is 0.903. The Hall–Kier alpha value is -0.450. The minimum Gasteiger partial charge on any atom is -0.379 e. The van der Waals surface area contributed by atoms with Gasteiger partial charge in [-0.2, -0.15) is 0 Å². The van der Waals surface area contributed by atoms with Crippen LogP contribution in [-0.2, 0) is 11.3 Å². The van der Waals surface area contributed by atoms with Gasteiger partial charge in [-0.3, -0.25) is 9.89 Å². The number of rotatable bonds is 3. The van der Waals surface area contributed by atoms with Gasteiger partial charge in [-0.05, 0) is 40.0 Å². The van der Waals surface area contributed by atoms with E-state index in [2.05, 4.69) is 36.0 Å². The molecule has 1 aromatic rings. The van der Waals surface area contributed by atoms with E-state index >= 15 is 0 Å². The number of nitrogens with one attached hydrogen (secondary N) is 1. The second-order valence-corrected chi connectivity index (χ2v) is 7.04. The van der Waals surface area contributed by atoms with Crippen molar-refractivity contribution in [2.45, 2.75) is 19.0 Å². The molecule has 3 rings (SSSR count). The number of aliphatic imine (C=N–C) groups is 1. The highest BCUT2D eigenvalue weighted by Crippen LogP contribution is 2.18. The second kappa shape index (κ2) is 10.0. The Labute approximate surface area is 174 Å². The molecule has 0 aliphatic carbocycles. The number of nitrogens with zero attached hydrogens (tertiary/aromatic N) is 3. The lowest BCUT2D eigenvalue weighted by Crippen LogP contribution is -2.46. The fraction of sp³-hybridized carbons (Fsp3) is 0.588. The number of ether oxygens (including phenoxy) is 1. The zero-order valence-corrected chi connectivity index (χ0v) is 18.3. The molecule has 2 aliphatic heterocycles. The molecule has 8 heteroatoms. The first-order chi connectivity index (χ1) is 11.7. The van der Waals surface area contributed by atoms with Gasteiger partial charge < -0.3 is 15.0 Å². The first-order valence-corrected chi connectivity index (χ1v) is 9.18. The average Bonchev–Trinajstić information content (AvgIpc) is 3.09. The van der Waals surface area contributed by atoms with Crippen LogP contribution in [0, 0.1) is 5.82 Å². The van der Waals surface area contributed by atoms with Crippen molar-refractivity contribution in [2.24, 2.45) is 4.99 Å². The zero-order chi connectivity index (χ0) is 16.9. The Kier molecular flexibility index (Phi) is 8.37. The summed E-state index contributed by atoms with van der Waals surface area (Å²) in [6.07, 6.45) is 1.15. The highest BCUT2D eigenvalue weighted by atomic mass is 127. The molecule has 25 heavy (non-hydrogen) atoms. The van der Waals surface area contributed by atoms with E-state index in [4.69, 9.17) is 4.74 Å². The molecule has 0 spiro atoms. The molecule has 5 nitrogen and oxygen atoms in total. The van der Waals surface area contributed by atoms with Crippen LogP contribution in [0.25, 0.3) is 0 Å². The van der Waals surface area contributed by atoms with Crippen molar-refractivity contribution < 1.29 is 9.13 Å². The summed E-state index contributed by atoms with van der Waals surface area (Å²) in [5, 5.41) is 3.35. The van der Waals surface area contributed by atoms with Crippen LogP contribution in [0.1, 0.15) is 12.0 Å². The SMILES string of the molecule is CN=C(NCc1ccc(Br)c(F)c1)N1CCC(N2CCOCC2)C1.I. The monoisotopic (exact) mass is 526 g/mol. The molecule has 1 N–H and O–H groups in total. The summed E-state index contributed by atoms with van der Waals surface area (Å²) in [6.45, 7) is 6.24. The Morgan fingerprint density at radius 1 is 1.36 bits per heavy atom. The van der Waals surface area contributed by atoms with E-state index in [9.17, 15) is 4.39 Å². The fourth-order valence-electron chi connectivity index (χ4n) is 3.34. The summed E-state index contributed by atoms with van der Waals surface area (Å²) < 4.78 is 19.5. The maximum Gasteiger partial charge on any atom is 0.193 e. The molecule has 1 aromatic carbocycles. The van der Waals surface area contributed by atoms with E-state index in [-0.39, 0.29) is 29.8 Å². The van der Waals surface area contributed by atoms with Gasteiger partial charge in [0, 0.05) is 45.8 Å². The van der Waals surface area contributed by atoms with E-state index in [1.807, 2.05) is 6.07 Å². The molecule has 2 heterocycles. The minimum atomic E-state index is -0.238. The highest BCUT2D eigenvalue weighted by molar-refractivity contribution is 14.0. The number of morpholine rings is 1. The van der Waals surface area contributed by atoms with E-state index in [1.165, 1.54) is 0 Å². The van der Waals surface area contributed by atoms with Gasteiger partial charge in [-0.1, -0.05) is 6.07 Å². The topological polar surface area (TPSA) is 40.1 Å². The van der Waals surface area contributed by atoms with Crippen molar-refractivity contribution in [2.75, 3.05) is 46.4 Å². The maximum atomic E-state index is 13.6. The zero-order valence-electron chi connectivity index (χ0n) is 14.4. The van der Waals surface area contributed by atoms with Gasteiger partial charge in [0.25, 0.3) is 0 Å². The lowest BCUT2D eigenvalue weighted by Gasteiger charge is -2.32. The van der Waals surface area contributed by atoms with Gasteiger partial charge in [0.2, 0.25) is 0 Å². The molecule has 140 valence electrons. The Morgan fingerprint density at radius 2 is 2.12 bits per heavy atom. The third kappa shape index (κ3) is 5.51. The number of halogens is 3. The third-order valence-electron chi connectivity index (χ3n) is 4.67. The molecule has 2 saturated heterocycles. The summed E-state index contributed by atoms with van der Waals surface area (Å²) in [6, 6.07) is 5.76. The van der Waals surface area contributed by atoms with E-state index in [0.717, 1.165) is 57.3 Å². The molecular formula is C17H25BrFIN4O. The summed E-state index contributed by atoms with van der Waals surface area (Å²) >= 11 is 3.18. The molecule has 0 radical (unpaired) electrons. The lowest BCUT2D eigenvalue weighted by atomic mass is 10.2. The van der Waals surface area contributed by atoms with E-state index in [0.29, 0.717) is 17.1 Å². The average molecular weight is 527 g/mol. The summed E-state index contributed by atoms with van der Waals surface area (Å²) in [7, 11) is 1.80. The van der Waals surface area contributed by atoms with E-state index in [1.54, 1.807) is 19.2 Å². The standard InChI is InChI=1S/C17H24BrFN4O.HI/c1-20-17(21-11-13-2-3-15(18)16(19)10-13)23-5-4-14(12-23)22-6-8-24-9-7-22;/h2-3,10,14H,4-9,11-12H2,1H3,(H,20,21);1H. The summed E-state index contributed by atoms with van der Waals surface area (Å²) in [4.78, 5) is 9.19. The molecule has 0 bridgehead atoms. The number of benzene rings is 1. The van der Waals surface area contributed by atoms with Crippen molar-refractivity contribution in [1.29, 1.82) is 0 Å². The third-order valence-corrected chi connectivity index (χ3v) is 5.31. The largest absolute Gasteiger partial charge is 0.379 e. The van der Waals surface area contributed by atoms with Crippen LogP contribution in [0.5, 0.6) is 0 Å². The molecule has 0 amide bonds. The molecule has 0 saturated carbocycles. The van der Waals surface area contributed by atoms with E-state index < -0.39 is 0 Å². The number of likely N-dealkylation sites (tertiary alicyclic amines) is 1. The highest BCUT2D eigenvalue weighted by Gasteiger charge is 2.30. The van der Waals surface area contributed by atoms with Crippen LogP contribution >= 0.6 is 39.9 Å². The van der Waals surface area contributed by atoms with Crippen molar-refractivity contribution in [3.05, 3.63) is 34.1 Å². The van der Waals surface area contributed by atoms with Crippen LogP contribution in [0.3, 0.4) is 0 Å². The molecular weight excluding hydrogens is 502 g/mol. The number of hydrogen-bond donors (Lipinski definition) is 1. The van der Waals surface area contributed by atoms with Crippen LogP contribution in [0.2, 0.25) is 0 Å². The van der Waals surface area contributed by atoms with Crippen molar-refractivity contribution >= 4 is 45.9 Å². The predicted octanol–water partition coefficient (Wildman–Crippen LogP) is 2.69. The van der Waals surface area contributed by atoms with Gasteiger partial charge in [-0.25, -0.2) is 4.39 Å². The Morgan fingerprint density at radius 3 is 2.80 bits per heavy atom. The molecule has 0 aromatic heterocycles. The van der Waals surface area contributed by atoms with Crippen molar-refractivity contribution in [1.82, 2.24) is 15.1 Å². The van der Waals surface area contributed by atoms with Gasteiger partial charge in [0.15, 0.2) is 5.96 Å². The first-order valence-electron chi connectivity index (χ1n) is 8.38. The van der Waals surface area contributed by atoms with Crippen LogP contribution in [0.4, 0.5) is 4.39 Å². The number of hydrogen-bond acceptors (Lipinski definition) is 3. The van der Waals surface area contributed by atoms with Gasteiger partial charge in [0.1, 0.15) is 5.82 Å². The van der Waals surface area contributed by atoms with Crippen LogP contribution in [-0.4, -0.2) is 68.2 Å². The number of guanidine groups is 1. The van der Waals surface area contributed by atoms with Crippen molar-refractivity contribution in [3.8, 4) is 0 Å². The Bertz CT molecular complexity index is 598.